The van der Waals surface area contributed by atoms with E-state index < -0.39 is 5.60 Å². The topological polar surface area (TPSA) is 56.5 Å². The third-order valence-corrected chi connectivity index (χ3v) is 3.80. The zero-order valence-corrected chi connectivity index (χ0v) is 12.0. The zero-order valence-electron chi connectivity index (χ0n) is 12.0. The van der Waals surface area contributed by atoms with Gasteiger partial charge in [-0.1, -0.05) is 13.8 Å². The molecule has 0 fully saturated rings. The summed E-state index contributed by atoms with van der Waals surface area (Å²) in [6, 6.07) is 4.05. The van der Waals surface area contributed by atoms with Gasteiger partial charge in [0.25, 0.3) is 0 Å². The second-order valence-corrected chi connectivity index (χ2v) is 4.46. The lowest BCUT2D eigenvalue weighted by molar-refractivity contribution is -0.0492. The van der Waals surface area contributed by atoms with Crippen LogP contribution in [0.3, 0.4) is 0 Å². The van der Waals surface area contributed by atoms with E-state index in [0.717, 1.165) is 12.8 Å². The lowest BCUT2D eigenvalue weighted by Crippen LogP contribution is -2.47. The van der Waals surface area contributed by atoms with Gasteiger partial charge in [-0.05, 0) is 31.0 Å². The van der Waals surface area contributed by atoms with Gasteiger partial charge in [0, 0.05) is 12.7 Å². The van der Waals surface area contributed by atoms with Crippen molar-refractivity contribution in [2.24, 2.45) is 5.84 Å². The Morgan fingerprint density at radius 1 is 1.32 bits per heavy atom. The van der Waals surface area contributed by atoms with Gasteiger partial charge in [-0.2, -0.15) is 0 Å². The van der Waals surface area contributed by atoms with Gasteiger partial charge in [-0.3, -0.25) is 5.84 Å². The van der Waals surface area contributed by atoms with Crippen LogP contribution < -0.4 is 16.0 Å². The number of hydrogen-bond acceptors (Lipinski definition) is 4. The molecule has 5 heteroatoms. The number of rotatable bonds is 7. The van der Waals surface area contributed by atoms with Crippen LogP contribution in [0.25, 0.3) is 0 Å². The molecular formula is C14H23FN2O2. The van der Waals surface area contributed by atoms with Crippen LogP contribution in [0, 0.1) is 5.82 Å². The van der Waals surface area contributed by atoms with Crippen LogP contribution in [-0.4, -0.2) is 19.8 Å². The van der Waals surface area contributed by atoms with Crippen LogP contribution in [0.4, 0.5) is 4.39 Å². The Morgan fingerprint density at radius 2 is 1.95 bits per heavy atom. The molecule has 0 saturated heterocycles. The highest BCUT2D eigenvalue weighted by molar-refractivity contribution is 5.38. The number of nitrogens with one attached hydrogen (secondary N) is 1. The van der Waals surface area contributed by atoms with Gasteiger partial charge in [-0.15, -0.1) is 0 Å². The first-order valence-corrected chi connectivity index (χ1v) is 6.43. The summed E-state index contributed by atoms with van der Waals surface area (Å²) in [5.41, 5.74) is 2.90. The molecule has 1 aromatic rings. The number of ether oxygens (including phenoxy) is 2. The summed E-state index contributed by atoms with van der Waals surface area (Å²) in [6.07, 6.45) is 1.49. The second-order valence-electron chi connectivity index (χ2n) is 4.46. The molecule has 0 aliphatic heterocycles. The molecule has 3 N–H and O–H groups in total. The van der Waals surface area contributed by atoms with Crippen LogP contribution in [0.2, 0.25) is 0 Å². The van der Waals surface area contributed by atoms with E-state index in [1.54, 1.807) is 20.3 Å². The highest BCUT2D eigenvalue weighted by atomic mass is 19.1. The first-order chi connectivity index (χ1) is 9.08. The number of nitrogens with two attached hydrogens (primary N) is 1. The molecule has 0 bridgehead atoms. The van der Waals surface area contributed by atoms with Gasteiger partial charge < -0.3 is 9.47 Å². The molecule has 0 heterocycles. The van der Waals surface area contributed by atoms with Crippen molar-refractivity contribution in [1.82, 2.24) is 5.43 Å². The van der Waals surface area contributed by atoms with Crippen molar-refractivity contribution in [2.75, 3.05) is 14.2 Å². The SMILES string of the molecule is CCC(CC)(OC)C(NN)c1cc(F)ccc1OC. The standard InChI is InChI=1S/C14H23FN2O2/c1-5-14(6-2,19-4)13(17-16)11-9-10(15)7-8-12(11)18-3/h7-9,13,17H,5-6,16H2,1-4H3. The van der Waals surface area contributed by atoms with Crippen LogP contribution in [0.5, 0.6) is 5.75 Å². The van der Waals surface area contributed by atoms with Crippen molar-refractivity contribution in [3.63, 3.8) is 0 Å². The monoisotopic (exact) mass is 270 g/mol. The fourth-order valence-corrected chi connectivity index (χ4v) is 2.52. The van der Waals surface area contributed by atoms with E-state index in [-0.39, 0.29) is 11.9 Å². The summed E-state index contributed by atoms with van der Waals surface area (Å²) in [5.74, 6) is 5.95. The summed E-state index contributed by atoms with van der Waals surface area (Å²) < 4.78 is 24.5. The highest BCUT2D eigenvalue weighted by Gasteiger charge is 2.38. The van der Waals surface area contributed by atoms with Crippen molar-refractivity contribution >= 4 is 0 Å². The molecule has 0 spiro atoms. The van der Waals surface area contributed by atoms with Crippen molar-refractivity contribution < 1.29 is 13.9 Å². The smallest absolute Gasteiger partial charge is 0.124 e. The molecule has 0 aliphatic carbocycles. The molecule has 0 saturated carbocycles. The van der Waals surface area contributed by atoms with Gasteiger partial charge >= 0.3 is 0 Å². The summed E-state index contributed by atoms with van der Waals surface area (Å²) in [4.78, 5) is 0. The Kier molecular flexibility index (Phi) is 5.72. The summed E-state index contributed by atoms with van der Waals surface area (Å²) in [7, 11) is 3.19. The van der Waals surface area contributed by atoms with E-state index in [9.17, 15) is 4.39 Å². The minimum Gasteiger partial charge on any atom is -0.496 e. The Balaban J connectivity index is 3.33. The second kappa shape index (κ2) is 6.84. The normalized spacial score (nSPS) is 13.4. The molecule has 0 radical (unpaired) electrons. The van der Waals surface area contributed by atoms with E-state index in [2.05, 4.69) is 5.43 Å². The molecule has 0 aromatic heterocycles. The Hall–Kier alpha value is -1.17. The Labute approximate surface area is 114 Å². The van der Waals surface area contributed by atoms with E-state index in [1.165, 1.54) is 12.1 Å². The maximum Gasteiger partial charge on any atom is 0.124 e. The highest BCUT2D eigenvalue weighted by Crippen LogP contribution is 2.38. The number of hydrogen-bond donors (Lipinski definition) is 2. The molecule has 1 unspecified atom stereocenters. The van der Waals surface area contributed by atoms with Gasteiger partial charge in [0.15, 0.2) is 0 Å². The quantitative estimate of drug-likeness (QED) is 0.590. The molecule has 4 nitrogen and oxygen atoms in total. The minimum absolute atomic E-state index is 0.326. The third kappa shape index (κ3) is 3.05. The van der Waals surface area contributed by atoms with E-state index in [0.29, 0.717) is 11.3 Å². The Bertz CT molecular complexity index is 400. The maximum atomic E-state index is 13.5. The molecular weight excluding hydrogens is 247 g/mol. The largest absolute Gasteiger partial charge is 0.496 e. The number of hydrazine groups is 1. The maximum absolute atomic E-state index is 13.5. The van der Waals surface area contributed by atoms with Crippen LogP contribution in [0.1, 0.15) is 38.3 Å². The fraction of sp³-hybridized carbons (Fsp3) is 0.571. The average molecular weight is 270 g/mol. The molecule has 19 heavy (non-hydrogen) atoms. The van der Waals surface area contributed by atoms with E-state index in [4.69, 9.17) is 15.3 Å². The first-order valence-electron chi connectivity index (χ1n) is 6.43. The van der Waals surface area contributed by atoms with Crippen LogP contribution in [0.15, 0.2) is 18.2 Å². The summed E-state index contributed by atoms with van der Waals surface area (Å²) in [6.45, 7) is 4.03. The predicted molar refractivity (Wildman–Crippen MR) is 73.3 cm³/mol. The van der Waals surface area contributed by atoms with Crippen molar-refractivity contribution in [2.45, 2.75) is 38.3 Å². The molecule has 0 amide bonds. The predicted octanol–water partition coefficient (Wildman–Crippen LogP) is 2.54. The van der Waals surface area contributed by atoms with Gasteiger partial charge in [0.2, 0.25) is 0 Å². The molecule has 1 aromatic carbocycles. The van der Waals surface area contributed by atoms with Crippen LogP contribution in [-0.2, 0) is 4.74 Å². The van der Waals surface area contributed by atoms with E-state index in [1.807, 2.05) is 13.8 Å². The minimum atomic E-state index is -0.504. The van der Waals surface area contributed by atoms with E-state index >= 15 is 0 Å². The number of benzene rings is 1. The van der Waals surface area contributed by atoms with Gasteiger partial charge in [0.05, 0.1) is 18.8 Å². The van der Waals surface area contributed by atoms with Crippen molar-refractivity contribution in [3.05, 3.63) is 29.6 Å². The average Bonchev–Trinajstić information content (AvgIpc) is 2.45. The molecule has 0 aliphatic rings. The molecule has 1 rings (SSSR count). The first kappa shape index (κ1) is 15.9. The van der Waals surface area contributed by atoms with Gasteiger partial charge in [-0.25, -0.2) is 9.82 Å². The zero-order chi connectivity index (χ0) is 14.5. The van der Waals surface area contributed by atoms with Crippen molar-refractivity contribution in [3.8, 4) is 5.75 Å². The summed E-state index contributed by atoms with van der Waals surface area (Å²) >= 11 is 0. The fourth-order valence-electron chi connectivity index (χ4n) is 2.52. The molecule has 108 valence electrons. The lowest BCUT2D eigenvalue weighted by atomic mass is 9.83. The van der Waals surface area contributed by atoms with Crippen LogP contribution >= 0.6 is 0 Å². The van der Waals surface area contributed by atoms with Crippen molar-refractivity contribution in [1.29, 1.82) is 0 Å². The van der Waals surface area contributed by atoms with Gasteiger partial charge in [0.1, 0.15) is 11.6 Å². The third-order valence-electron chi connectivity index (χ3n) is 3.80. The Morgan fingerprint density at radius 3 is 2.37 bits per heavy atom. The molecule has 1 atom stereocenters. The lowest BCUT2D eigenvalue weighted by Gasteiger charge is -2.38. The number of methoxy groups -OCH3 is 2. The summed E-state index contributed by atoms with van der Waals surface area (Å²) in [5, 5.41) is 0. The number of halogens is 1.